The van der Waals surface area contributed by atoms with Crippen LogP contribution in [-0.4, -0.2) is 41.8 Å². The van der Waals surface area contributed by atoms with Gasteiger partial charge in [-0.3, -0.25) is 0 Å². The molecule has 0 aromatic heterocycles. The molecule has 2 unspecified atom stereocenters. The number of carbonyl (C=O) groups is 1. The third-order valence-electron chi connectivity index (χ3n) is 3.12. The first-order valence-corrected chi connectivity index (χ1v) is 7.02. The summed E-state index contributed by atoms with van der Waals surface area (Å²) in [5, 5.41) is 3.40. The van der Waals surface area contributed by atoms with E-state index in [-0.39, 0.29) is 12.1 Å². The van der Waals surface area contributed by atoms with Crippen LogP contribution in [0.1, 0.15) is 47.0 Å². The Morgan fingerprint density at radius 2 is 2.11 bits per heavy atom. The molecule has 1 aliphatic heterocycles. The minimum Gasteiger partial charge on any atom is -0.444 e. The molecule has 2 atom stereocenters. The Hall–Kier alpha value is -1.21. The Morgan fingerprint density at radius 3 is 2.68 bits per heavy atom. The molecule has 0 aromatic rings. The molecule has 1 amide bonds. The van der Waals surface area contributed by atoms with Crippen molar-refractivity contribution in [3.05, 3.63) is 0 Å². The van der Waals surface area contributed by atoms with Gasteiger partial charge in [-0.15, -0.1) is 6.42 Å². The number of amides is 1. The SMILES string of the molecule is C#CC(C)NC1CCCN(C(=O)OC(C)(C)C)CC1. The quantitative estimate of drug-likeness (QED) is 0.780. The first-order chi connectivity index (χ1) is 8.81. The number of carbonyl (C=O) groups excluding carboxylic acids is 1. The van der Waals surface area contributed by atoms with Crippen LogP contribution in [0.25, 0.3) is 0 Å². The van der Waals surface area contributed by atoms with Crippen molar-refractivity contribution >= 4 is 6.09 Å². The predicted octanol–water partition coefficient (Wildman–Crippen LogP) is 2.39. The van der Waals surface area contributed by atoms with Crippen molar-refractivity contribution in [2.75, 3.05) is 13.1 Å². The molecule has 0 spiro atoms. The van der Waals surface area contributed by atoms with Gasteiger partial charge in [0.25, 0.3) is 0 Å². The largest absolute Gasteiger partial charge is 0.444 e. The van der Waals surface area contributed by atoms with Crippen LogP contribution in [0.2, 0.25) is 0 Å². The lowest BCUT2D eigenvalue weighted by Gasteiger charge is -2.26. The van der Waals surface area contributed by atoms with E-state index < -0.39 is 5.60 Å². The summed E-state index contributed by atoms with van der Waals surface area (Å²) in [5.74, 6) is 2.68. The molecule has 1 rings (SSSR count). The molecule has 0 radical (unpaired) electrons. The monoisotopic (exact) mass is 266 g/mol. The second kappa shape index (κ2) is 6.81. The van der Waals surface area contributed by atoms with Crippen molar-refractivity contribution in [1.29, 1.82) is 0 Å². The smallest absolute Gasteiger partial charge is 0.410 e. The fourth-order valence-electron chi connectivity index (χ4n) is 2.17. The number of nitrogens with zero attached hydrogens (tertiary/aromatic N) is 1. The number of hydrogen-bond donors (Lipinski definition) is 1. The van der Waals surface area contributed by atoms with Crippen LogP contribution in [0.4, 0.5) is 4.79 Å². The number of likely N-dealkylation sites (tertiary alicyclic amines) is 1. The third-order valence-corrected chi connectivity index (χ3v) is 3.12. The van der Waals surface area contributed by atoms with E-state index in [9.17, 15) is 4.79 Å². The van der Waals surface area contributed by atoms with Crippen molar-refractivity contribution in [2.45, 2.75) is 64.6 Å². The summed E-state index contributed by atoms with van der Waals surface area (Å²) in [6.07, 6.45) is 8.12. The Morgan fingerprint density at radius 1 is 1.42 bits per heavy atom. The van der Waals surface area contributed by atoms with Crippen molar-refractivity contribution < 1.29 is 9.53 Å². The van der Waals surface area contributed by atoms with Gasteiger partial charge in [0.2, 0.25) is 0 Å². The predicted molar refractivity (Wildman–Crippen MR) is 76.9 cm³/mol. The topological polar surface area (TPSA) is 41.6 Å². The van der Waals surface area contributed by atoms with E-state index in [1.54, 1.807) is 4.90 Å². The van der Waals surface area contributed by atoms with Gasteiger partial charge in [-0.1, -0.05) is 5.92 Å². The zero-order valence-electron chi connectivity index (χ0n) is 12.5. The maximum atomic E-state index is 12.0. The maximum absolute atomic E-state index is 12.0. The van der Waals surface area contributed by atoms with Crippen LogP contribution in [0.3, 0.4) is 0 Å². The van der Waals surface area contributed by atoms with Gasteiger partial charge in [0.15, 0.2) is 0 Å². The van der Waals surface area contributed by atoms with Crippen LogP contribution in [0.15, 0.2) is 0 Å². The molecule has 1 saturated heterocycles. The summed E-state index contributed by atoms with van der Waals surface area (Å²) in [6.45, 7) is 9.14. The number of ether oxygens (including phenoxy) is 1. The Labute approximate surface area is 116 Å². The number of hydrogen-bond acceptors (Lipinski definition) is 3. The highest BCUT2D eigenvalue weighted by molar-refractivity contribution is 5.68. The fraction of sp³-hybridized carbons (Fsp3) is 0.800. The second-order valence-electron chi connectivity index (χ2n) is 6.15. The normalized spacial score (nSPS) is 22.3. The minimum absolute atomic E-state index is 0.0816. The molecule has 0 saturated carbocycles. The Bertz CT molecular complexity index is 341. The molecule has 108 valence electrons. The highest BCUT2D eigenvalue weighted by Crippen LogP contribution is 2.15. The van der Waals surface area contributed by atoms with Crippen LogP contribution in [0.5, 0.6) is 0 Å². The van der Waals surface area contributed by atoms with Gasteiger partial charge in [-0.2, -0.15) is 0 Å². The maximum Gasteiger partial charge on any atom is 0.410 e. The van der Waals surface area contributed by atoms with Crippen LogP contribution in [0, 0.1) is 12.3 Å². The van der Waals surface area contributed by atoms with E-state index in [1.807, 2.05) is 27.7 Å². The van der Waals surface area contributed by atoms with E-state index in [1.165, 1.54) is 0 Å². The minimum atomic E-state index is -0.432. The molecule has 4 nitrogen and oxygen atoms in total. The summed E-state index contributed by atoms with van der Waals surface area (Å²) in [4.78, 5) is 13.8. The molecular weight excluding hydrogens is 240 g/mol. The van der Waals surface area contributed by atoms with Crippen LogP contribution in [-0.2, 0) is 4.74 Å². The lowest BCUT2D eigenvalue weighted by Crippen LogP contribution is -2.39. The fourth-order valence-corrected chi connectivity index (χ4v) is 2.17. The Kier molecular flexibility index (Phi) is 5.68. The zero-order valence-corrected chi connectivity index (χ0v) is 12.5. The van der Waals surface area contributed by atoms with E-state index >= 15 is 0 Å². The van der Waals surface area contributed by atoms with Crippen molar-refractivity contribution in [3.63, 3.8) is 0 Å². The molecule has 0 bridgehead atoms. The number of terminal acetylenes is 1. The molecule has 19 heavy (non-hydrogen) atoms. The van der Waals surface area contributed by atoms with Crippen molar-refractivity contribution in [1.82, 2.24) is 10.2 Å². The summed E-state index contributed by atoms with van der Waals surface area (Å²) < 4.78 is 5.40. The van der Waals surface area contributed by atoms with Crippen LogP contribution >= 0.6 is 0 Å². The summed E-state index contributed by atoms with van der Waals surface area (Å²) in [7, 11) is 0. The first-order valence-electron chi connectivity index (χ1n) is 7.02. The van der Waals surface area contributed by atoms with Gasteiger partial charge in [-0.25, -0.2) is 4.79 Å². The van der Waals surface area contributed by atoms with Gasteiger partial charge < -0.3 is 15.0 Å². The highest BCUT2D eigenvalue weighted by atomic mass is 16.6. The molecule has 4 heteroatoms. The van der Waals surface area contributed by atoms with Gasteiger partial charge in [0, 0.05) is 19.1 Å². The van der Waals surface area contributed by atoms with Gasteiger partial charge in [0.1, 0.15) is 5.60 Å². The molecule has 0 aliphatic carbocycles. The van der Waals surface area contributed by atoms with Gasteiger partial charge in [0.05, 0.1) is 6.04 Å². The van der Waals surface area contributed by atoms with E-state index in [2.05, 4.69) is 11.2 Å². The van der Waals surface area contributed by atoms with Crippen LogP contribution < -0.4 is 5.32 Å². The summed E-state index contributed by atoms with van der Waals surface area (Å²) in [6, 6.07) is 0.469. The second-order valence-corrected chi connectivity index (χ2v) is 6.15. The third kappa shape index (κ3) is 5.98. The molecule has 1 aliphatic rings. The molecule has 1 N–H and O–H groups in total. The summed E-state index contributed by atoms with van der Waals surface area (Å²) >= 11 is 0. The Balaban J connectivity index is 2.46. The lowest BCUT2D eigenvalue weighted by atomic mass is 10.1. The molecule has 0 aromatic carbocycles. The standard InChI is InChI=1S/C15H26N2O2/c1-6-12(2)16-13-8-7-10-17(11-9-13)14(18)19-15(3,4)5/h1,12-13,16H,7-11H2,2-5H3. The van der Waals surface area contributed by atoms with Gasteiger partial charge >= 0.3 is 6.09 Å². The van der Waals surface area contributed by atoms with E-state index in [4.69, 9.17) is 11.2 Å². The zero-order chi connectivity index (χ0) is 14.5. The molecule has 1 heterocycles. The number of nitrogens with one attached hydrogen (secondary N) is 1. The van der Waals surface area contributed by atoms with Crippen molar-refractivity contribution in [2.24, 2.45) is 0 Å². The number of rotatable bonds is 2. The molecular formula is C15H26N2O2. The summed E-state index contributed by atoms with van der Waals surface area (Å²) in [5.41, 5.74) is -0.432. The van der Waals surface area contributed by atoms with E-state index in [0.717, 1.165) is 32.4 Å². The first kappa shape index (κ1) is 15.8. The van der Waals surface area contributed by atoms with Gasteiger partial charge in [-0.05, 0) is 47.0 Å². The lowest BCUT2D eigenvalue weighted by molar-refractivity contribution is 0.0256. The van der Waals surface area contributed by atoms with Crippen molar-refractivity contribution in [3.8, 4) is 12.3 Å². The molecule has 1 fully saturated rings. The average molecular weight is 266 g/mol. The van der Waals surface area contributed by atoms with E-state index in [0.29, 0.717) is 6.04 Å². The average Bonchev–Trinajstić information content (AvgIpc) is 2.52. The highest BCUT2D eigenvalue weighted by Gasteiger charge is 2.25.